The number of rotatable bonds is 7. The van der Waals surface area contributed by atoms with E-state index in [0.717, 1.165) is 24.9 Å². The maximum Gasteiger partial charge on any atom is 0.228 e. The van der Waals surface area contributed by atoms with E-state index in [-0.39, 0.29) is 0 Å². The predicted octanol–water partition coefficient (Wildman–Crippen LogP) is 1.68. The van der Waals surface area contributed by atoms with E-state index < -0.39 is 0 Å². The summed E-state index contributed by atoms with van der Waals surface area (Å²) in [6, 6.07) is 8.16. The zero-order chi connectivity index (χ0) is 15.1. The molecule has 1 aromatic rings. The van der Waals surface area contributed by atoms with Crippen LogP contribution in [0.1, 0.15) is 25.3 Å². The third-order valence-electron chi connectivity index (χ3n) is 3.86. The van der Waals surface area contributed by atoms with Crippen molar-refractivity contribution in [3.8, 4) is 0 Å². The van der Waals surface area contributed by atoms with Gasteiger partial charge in [-0.05, 0) is 30.5 Å². The van der Waals surface area contributed by atoms with Gasteiger partial charge in [0.1, 0.15) is 0 Å². The summed E-state index contributed by atoms with van der Waals surface area (Å²) in [6.07, 6.45) is 5.16. The van der Waals surface area contributed by atoms with Crippen molar-refractivity contribution in [2.45, 2.75) is 26.2 Å². The Morgan fingerprint density at radius 3 is 2.29 bits per heavy atom. The highest BCUT2D eigenvalue weighted by molar-refractivity contribution is 5.73. The number of amides is 2. The smallest absolute Gasteiger partial charge is 0.228 e. The predicted molar refractivity (Wildman–Crippen MR) is 82.8 cm³/mol. The molecule has 0 saturated carbocycles. The Bertz CT molecular complexity index is 453. The molecular weight excluding hydrogens is 266 g/mol. The molecule has 1 aliphatic heterocycles. The normalized spacial score (nSPS) is 15.8. The molecule has 1 fully saturated rings. The molecule has 0 bridgehead atoms. The molecule has 0 aliphatic carbocycles. The van der Waals surface area contributed by atoms with Crippen molar-refractivity contribution in [2.75, 3.05) is 31.2 Å². The number of aryl methyl sites for hydroxylation is 1. The zero-order valence-corrected chi connectivity index (χ0v) is 12.6. The Kier molecular flexibility index (Phi) is 5.75. The summed E-state index contributed by atoms with van der Waals surface area (Å²) in [7, 11) is 0. The molecule has 5 nitrogen and oxygen atoms in total. The lowest BCUT2D eigenvalue weighted by molar-refractivity contribution is -0.120. The highest BCUT2D eigenvalue weighted by Gasteiger charge is 2.21. The number of hydrogen-bond donors (Lipinski definition) is 0. The molecule has 1 heterocycles. The molecule has 1 saturated heterocycles. The van der Waals surface area contributed by atoms with E-state index in [0.29, 0.717) is 26.2 Å². The molecule has 0 atom stereocenters. The average Bonchev–Trinajstić information content (AvgIpc) is 2.55. The summed E-state index contributed by atoms with van der Waals surface area (Å²) < 4.78 is 0. The van der Waals surface area contributed by atoms with Gasteiger partial charge in [-0.1, -0.05) is 25.5 Å². The molecule has 21 heavy (non-hydrogen) atoms. The van der Waals surface area contributed by atoms with Crippen molar-refractivity contribution < 1.29 is 9.59 Å². The summed E-state index contributed by atoms with van der Waals surface area (Å²) in [5, 5.41) is 3.62. The van der Waals surface area contributed by atoms with Gasteiger partial charge in [-0.3, -0.25) is 9.59 Å². The van der Waals surface area contributed by atoms with Gasteiger partial charge in [0.15, 0.2) is 0 Å². The third kappa shape index (κ3) is 4.04. The molecule has 0 N–H and O–H groups in total. The number of hydrazine groups is 1. The van der Waals surface area contributed by atoms with Gasteiger partial charge >= 0.3 is 0 Å². The van der Waals surface area contributed by atoms with E-state index in [1.54, 1.807) is 9.91 Å². The number of anilines is 1. The molecular formula is C16H23N3O2. The van der Waals surface area contributed by atoms with Crippen molar-refractivity contribution >= 4 is 18.5 Å². The van der Waals surface area contributed by atoms with Crippen LogP contribution >= 0.6 is 0 Å². The number of hydrogen-bond acceptors (Lipinski definition) is 3. The maximum atomic E-state index is 11.4. The largest absolute Gasteiger partial charge is 0.343 e. The van der Waals surface area contributed by atoms with Crippen LogP contribution in [0.2, 0.25) is 0 Å². The van der Waals surface area contributed by atoms with Crippen LogP contribution in [0, 0.1) is 0 Å². The molecule has 114 valence electrons. The Morgan fingerprint density at radius 1 is 1.10 bits per heavy atom. The van der Waals surface area contributed by atoms with E-state index in [2.05, 4.69) is 19.1 Å². The first-order valence-corrected chi connectivity index (χ1v) is 7.56. The van der Waals surface area contributed by atoms with E-state index in [4.69, 9.17) is 0 Å². The maximum absolute atomic E-state index is 11.4. The molecule has 1 aromatic carbocycles. The van der Waals surface area contributed by atoms with Crippen molar-refractivity contribution in [2.24, 2.45) is 0 Å². The summed E-state index contributed by atoms with van der Waals surface area (Å²) in [5.74, 6) is 0. The van der Waals surface area contributed by atoms with Crippen molar-refractivity contribution in [3.05, 3.63) is 29.8 Å². The summed E-state index contributed by atoms with van der Waals surface area (Å²) in [6.45, 7) is 4.84. The quantitative estimate of drug-likeness (QED) is 0.717. The third-order valence-corrected chi connectivity index (χ3v) is 3.86. The lowest BCUT2D eigenvalue weighted by atomic mass is 10.1. The van der Waals surface area contributed by atoms with Crippen LogP contribution in [0.3, 0.4) is 0 Å². The number of carbonyl (C=O) groups is 2. The van der Waals surface area contributed by atoms with E-state index in [9.17, 15) is 9.59 Å². The highest BCUT2D eigenvalue weighted by Crippen LogP contribution is 2.18. The summed E-state index contributed by atoms with van der Waals surface area (Å²) in [5.41, 5.74) is 2.18. The molecule has 0 unspecified atom stereocenters. The van der Waals surface area contributed by atoms with Gasteiger partial charge < -0.3 is 4.90 Å². The monoisotopic (exact) mass is 289 g/mol. The molecule has 0 spiro atoms. The van der Waals surface area contributed by atoms with Crippen LogP contribution < -0.4 is 5.01 Å². The Hall–Kier alpha value is -1.88. The summed E-state index contributed by atoms with van der Waals surface area (Å²) >= 11 is 0. The molecule has 2 rings (SSSR count). The average molecular weight is 289 g/mol. The molecule has 5 heteroatoms. The topological polar surface area (TPSA) is 43.9 Å². The van der Waals surface area contributed by atoms with E-state index >= 15 is 0 Å². The number of benzene rings is 1. The Balaban J connectivity index is 2.00. The minimum Gasteiger partial charge on any atom is -0.343 e. The number of carbonyl (C=O) groups excluding carboxylic acids is 2. The van der Waals surface area contributed by atoms with Gasteiger partial charge in [-0.2, -0.15) is 0 Å². The van der Waals surface area contributed by atoms with Gasteiger partial charge in [-0.15, -0.1) is 0 Å². The Morgan fingerprint density at radius 2 is 1.76 bits per heavy atom. The van der Waals surface area contributed by atoms with Gasteiger partial charge in [-0.25, -0.2) is 10.0 Å². The highest BCUT2D eigenvalue weighted by atomic mass is 16.2. The van der Waals surface area contributed by atoms with Crippen LogP contribution in [0.5, 0.6) is 0 Å². The van der Waals surface area contributed by atoms with Crippen LogP contribution in [0.25, 0.3) is 0 Å². The minimum atomic E-state index is 0.655. The second-order valence-electron chi connectivity index (χ2n) is 5.32. The number of unbranched alkanes of at least 4 members (excludes halogenated alkanes) is 1. The standard InChI is InChI=1S/C16H23N3O2/c1-2-3-4-15-5-7-16(8-6-15)19(14-21)18-11-9-17(13-20)10-12-18/h5-8,13-14H,2-4,9-12H2,1H3. The number of piperazine rings is 1. The first kappa shape index (κ1) is 15.5. The summed E-state index contributed by atoms with van der Waals surface area (Å²) in [4.78, 5) is 23.9. The van der Waals surface area contributed by atoms with Crippen LogP contribution in [0.4, 0.5) is 5.69 Å². The van der Waals surface area contributed by atoms with Crippen LogP contribution in [-0.2, 0) is 16.0 Å². The Labute approximate surface area is 126 Å². The van der Waals surface area contributed by atoms with Gasteiger partial charge in [0.2, 0.25) is 12.8 Å². The van der Waals surface area contributed by atoms with Gasteiger partial charge in [0.05, 0.1) is 5.69 Å². The second-order valence-corrected chi connectivity index (χ2v) is 5.32. The van der Waals surface area contributed by atoms with Crippen LogP contribution in [-0.4, -0.2) is 48.9 Å². The molecule has 0 radical (unpaired) electrons. The minimum absolute atomic E-state index is 0.655. The van der Waals surface area contributed by atoms with Gasteiger partial charge in [0, 0.05) is 26.2 Å². The molecule has 2 amide bonds. The van der Waals surface area contributed by atoms with Crippen molar-refractivity contribution in [3.63, 3.8) is 0 Å². The fourth-order valence-corrected chi connectivity index (χ4v) is 2.52. The SMILES string of the molecule is CCCCc1ccc(N(C=O)N2CCN(C=O)CC2)cc1. The fourth-order valence-electron chi connectivity index (χ4n) is 2.52. The van der Waals surface area contributed by atoms with E-state index in [1.165, 1.54) is 18.4 Å². The van der Waals surface area contributed by atoms with Crippen molar-refractivity contribution in [1.82, 2.24) is 9.91 Å². The van der Waals surface area contributed by atoms with Crippen LogP contribution in [0.15, 0.2) is 24.3 Å². The molecule has 0 aromatic heterocycles. The number of nitrogens with zero attached hydrogens (tertiary/aromatic N) is 3. The fraction of sp³-hybridized carbons (Fsp3) is 0.500. The molecule has 1 aliphatic rings. The lowest BCUT2D eigenvalue weighted by Gasteiger charge is -2.38. The van der Waals surface area contributed by atoms with Crippen molar-refractivity contribution in [1.29, 1.82) is 0 Å². The second kappa shape index (κ2) is 7.78. The first-order chi connectivity index (χ1) is 10.3. The zero-order valence-electron chi connectivity index (χ0n) is 12.6. The van der Waals surface area contributed by atoms with E-state index in [1.807, 2.05) is 17.1 Å². The lowest BCUT2D eigenvalue weighted by Crippen LogP contribution is -2.53. The van der Waals surface area contributed by atoms with Gasteiger partial charge in [0.25, 0.3) is 0 Å². The first-order valence-electron chi connectivity index (χ1n) is 7.56.